The van der Waals surface area contributed by atoms with E-state index in [2.05, 4.69) is 15.5 Å². The summed E-state index contributed by atoms with van der Waals surface area (Å²) in [7, 11) is 1.83. The van der Waals surface area contributed by atoms with Crippen LogP contribution in [-0.4, -0.2) is 50.5 Å². The zero-order valence-corrected chi connectivity index (χ0v) is 10.6. The van der Waals surface area contributed by atoms with Crippen LogP contribution in [0.25, 0.3) is 0 Å². The van der Waals surface area contributed by atoms with E-state index in [0.29, 0.717) is 25.8 Å². The topological polar surface area (TPSA) is 106 Å². The van der Waals surface area contributed by atoms with E-state index in [1.165, 1.54) is 0 Å². The fraction of sp³-hybridized carbons (Fsp3) is 0.636. The molecule has 8 nitrogen and oxygen atoms in total. The maximum atomic E-state index is 11.8. The highest BCUT2D eigenvalue weighted by atomic mass is 16.5. The number of carboxylic acid groups (broad SMARTS) is 1. The largest absolute Gasteiger partial charge is 0.479 e. The predicted octanol–water partition coefficient (Wildman–Crippen LogP) is -0.894. The third-order valence-corrected chi connectivity index (χ3v) is 3.04. The van der Waals surface area contributed by atoms with Gasteiger partial charge in [-0.2, -0.15) is 0 Å². The Kier molecular flexibility index (Phi) is 4.10. The van der Waals surface area contributed by atoms with Gasteiger partial charge >= 0.3 is 5.97 Å². The summed E-state index contributed by atoms with van der Waals surface area (Å²) in [6.45, 7) is 0.420. The zero-order chi connectivity index (χ0) is 13.8. The van der Waals surface area contributed by atoms with Crippen molar-refractivity contribution >= 4 is 11.9 Å². The van der Waals surface area contributed by atoms with E-state index in [0.717, 1.165) is 5.82 Å². The van der Waals surface area contributed by atoms with Crippen molar-refractivity contribution in [3.05, 3.63) is 12.2 Å². The van der Waals surface area contributed by atoms with E-state index < -0.39 is 18.2 Å². The number of hydrogen-bond donors (Lipinski definition) is 2. The molecule has 0 saturated carbocycles. The fourth-order valence-corrected chi connectivity index (χ4v) is 1.96. The number of nitrogens with zero attached hydrogens (tertiary/aromatic N) is 3. The second-order valence-corrected chi connectivity index (χ2v) is 4.43. The number of amides is 1. The number of carbonyl (C=O) groups is 2. The molecule has 8 heteroatoms. The molecule has 0 radical (unpaired) electrons. The minimum absolute atomic E-state index is 0.272. The van der Waals surface area contributed by atoms with Gasteiger partial charge in [0, 0.05) is 20.0 Å². The Morgan fingerprint density at radius 3 is 2.84 bits per heavy atom. The summed E-state index contributed by atoms with van der Waals surface area (Å²) < 4.78 is 6.93. The van der Waals surface area contributed by atoms with Gasteiger partial charge in [0.25, 0.3) is 0 Å². The van der Waals surface area contributed by atoms with Crippen LogP contribution in [0.3, 0.4) is 0 Å². The first-order chi connectivity index (χ1) is 9.08. The number of aryl methyl sites for hydroxylation is 1. The Hall–Kier alpha value is -1.96. The third kappa shape index (κ3) is 3.28. The molecular formula is C11H16N4O4. The van der Waals surface area contributed by atoms with Gasteiger partial charge in [-0.05, 0) is 12.8 Å². The summed E-state index contributed by atoms with van der Waals surface area (Å²) in [6.07, 6.45) is 1.44. The summed E-state index contributed by atoms with van der Waals surface area (Å²) in [5.41, 5.74) is 0. The molecule has 1 aliphatic heterocycles. The number of rotatable bonds is 5. The Balaban J connectivity index is 1.73. The van der Waals surface area contributed by atoms with E-state index in [1.807, 2.05) is 7.05 Å². The monoisotopic (exact) mass is 268 g/mol. The van der Waals surface area contributed by atoms with Gasteiger partial charge in [-0.15, -0.1) is 10.2 Å². The first kappa shape index (κ1) is 13.5. The van der Waals surface area contributed by atoms with Gasteiger partial charge < -0.3 is 19.7 Å². The maximum Gasteiger partial charge on any atom is 0.332 e. The Morgan fingerprint density at radius 1 is 1.53 bits per heavy atom. The van der Waals surface area contributed by atoms with Crippen LogP contribution in [0.4, 0.5) is 0 Å². The first-order valence-electron chi connectivity index (χ1n) is 6.07. The molecule has 1 amide bonds. The molecule has 104 valence electrons. The van der Waals surface area contributed by atoms with Crippen molar-refractivity contribution in [2.75, 3.05) is 6.54 Å². The third-order valence-electron chi connectivity index (χ3n) is 3.04. The highest BCUT2D eigenvalue weighted by molar-refractivity contribution is 5.82. The molecule has 2 N–H and O–H groups in total. The van der Waals surface area contributed by atoms with Crippen molar-refractivity contribution in [1.82, 2.24) is 20.1 Å². The maximum absolute atomic E-state index is 11.8. The SMILES string of the molecule is Cn1cnnc1CCNC(=O)[C@@H]1CC[C@H](C(=O)O)O1. The average molecular weight is 268 g/mol. The van der Waals surface area contributed by atoms with E-state index in [1.54, 1.807) is 10.9 Å². The minimum Gasteiger partial charge on any atom is -0.479 e. The molecule has 0 aromatic carbocycles. The minimum atomic E-state index is -1.02. The number of ether oxygens (including phenoxy) is 1. The lowest BCUT2D eigenvalue weighted by Crippen LogP contribution is -2.36. The lowest BCUT2D eigenvalue weighted by Gasteiger charge is -2.11. The standard InChI is InChI=1S/C11H16N4O4/c1-15-6-13-14-9(15)4-5-12-10(16)7-2-3-8(19-7)11(17)18/h6-8H,2-5H2,1H3,(H,12,16)(H,17,18)/t7-,8+/m0/s1. The summed E-state index contributed by atoms with van der Waals surface area (Å²) in [5.74, 6) is -0.517. The second kappa shape index (κ2) is 5.79. The second-order valence-electron chi connectivity index (χ2n) is 4.43. The van der Waals surface area contributed by atoms with Crippen molar-refractivity contribution in [2.45, 2.75) is 31.5 Å². The van der Waals surface area contributed by atoms with Crippen LogP contribution in [0, 0.1) is 0 Å². The molecule has 1 saturated heterocycles. The molecule has 2 rings (SSSR count). The first-order valence-corrected chi connectivity index (χ1v) is 6.07. The average Bonchev–Trinajstić information content (AvgIpc) is 2.98. The molecule has 0 unspecified atom stereocenters. The smallest absolute Gasteiger partial charge is 0.332 e. The number of nitrogens with one attached hydrogen (secondary N) is 1. The van der Waals surface area contributed by atoms with Crippen molar-refractivity contribution in [1.29, 1.82) is 0 Å². The highest BCUT2D eigenvalue weighted by Crippen LogP contribution is 2.19. The summed E-state index contributed by atoms with van der Waals surface area (Å²) >= 11 is 0. The van der Waals surface area contributed by atoms with Gasteiger partial charge in [-0.25, -0.2) is 4.79 Å². The summed E-state index contributed by atoms with van der Waals surface area (Å²) in [4.78, 5) is 22.5. The molecule has 1 fully saturated rings. The molecule has 19 heavy (non-hydrogen) atoms. The fourth-order valence-electron chi connectivity index (χ4n) is 1.96. The predicted molar refractivity (Wildman–Crippen MR) is 63.2 cm³/mol. The van der Waals surface area contributed by atoms with Crippen LogP contribution in [0.15, 0.2) is 6.33 Å². The van der Waals surface area contributed by atoms with Crippen LogP contribution in [0.5, 0.6) is 0 Å². The molecule has 0 aliphatic carbocycles. The number of carboxylic acids is 1. The van der Waals surface area contributed by atoms with Crippen molar-refractivity contribution in [3.8, 4) is 0 Å². The van der Waals surface area contributed by atoms with Gasteiger partial charge in [-0.1, -0.05) is 0 Å². The highest BCUT2D eigenvalue weighted by Gasteiger charge is 2.34. The van der Waals surface area contributed by atoms with Gasteiger partial charge in [-0.3, -0.25) is 4.79 Å². The van der Waals surface area contributed by atoms with Crippen LogP contribution in [-0.2, 0) is 27.8 Å². The zero-order valence-electron chi connectivity index (χ0n) is 10.6. The molecule has 1 aromatic heterocycles. The molecule has 2 atom stereocenters. The van der Waals surface area contributed by atoms with Gasteiger partial charge in [0.2, 0.25) is 5.91 Å². The van der Waals surface area contributed by atoms with E-state index in [-0.39, 0.29) is 5.91 Å². The number of hydrogen-bond acceptors (Lipinski definition) is 5. The van der Waals surface area contributed by atoms with E-state index in [9.17, 15) is 9.59 Å². The Bertz CT molecular complexity index is 473. The van der Waals surface area contributed by atoms with Gasteiger partial charge in [0.15, 0.2) is 6.10 Å². The molecule has 2 heterocycles. The number of carbonyl (C=O) groups excluding carboxylic acids is 1. The molecule has 0 bridgehead atoms. The van der Waals surface area contributed by atoms with Crippen LogP contribution < -0.4 is 5.32 Å². The number of aliphatic carboxylic acids is 1. The van der Waals surface area contributed by atoms with Gasteiger partial charge in [0.1, 0.15) is 18.3 Å². The molecule has 1 aromatic rings. The van der Waals surface area contributed by atoms with Crippen LogP contribution in [0.1, 0.15) is 18.7 Å². The van der Waals surface area contributed by atoms with E-state index >= 15 is 0 Å². The molecule has 1 aliphatic rings. The molecule has 0 spiro atoms. The van der Waals surface area contributed by atoms with Crippen LogP contribution >= 0.6 is 0 Å². The summed E-state index contributed by atoms with van der Waals surface area (Å²) in [6, 6.07) is 0. The van der Waals surface area contributed by atoms with E-state index in [4.69, 9.17) is 9.84 Å². The normalized spacial score (nSPS) is 22.4. The number of aromatic nitrogens is 3. The molecular weight excluding hydrogens is 252 g/mol. The quantitative estimate of drug-likeness (QED) is 0.717. The lowest BCUT2D eigenvalue weighted by molar-refractivity contribution is -0.151. The van der Waals surface area contributed by atoms with Crippen molar-refractivity contribution in [2.24, 2.45) is 7.05 Å². The lowest BCUT2D eigenvalue weighted by atomic mass is 10.2. The van der Waals surface area contributed by atoms with Gasteiger partial charge in [0.05, 0.1) is 0 Å². The van der Waals surface area contributed by atoms with Crippen molar-refractivity contribution in [3.63, 3.8) is 0 Å². The Labute approximate surface area is 109 Å². The summed E-state index contributed by atoms with van der Waals surface area (Å²) in [5, 5.41) is 19.1. The Morgan fingerprint density at radius 2 is 2.26 bits per heavy atom. The van der Waals surface area contributed by atoms with Crippen molar-refractivity contribution < 1.29 is 19.4 Å². The van der Waals surface area contributed by atoms with Crippen LogP contribution in [0.2, 0.25) is 0 Å².